The number of halogens is 1. The molecule has 1 aliphatic rings. The van der Waals surface area contributed by atoms with Gasteiger partial charge in [0.2, 0.25) is 5.78 Å². The van der Waals surface area contributed by atoms with Gasteiger partial charge in [0, 0.05) is 7.05 Å². The first-order chi connectivity index (χ1) is 7.68. The molecular formula is C12H15BrN2O. The maximum absolute atomic E-state index is 12.0. The molecule has 16 heavy (non-hydrogen) atoms. The zero-order chi connectivity index (χ0) is 11.5. The summed E-state index contributed by atoms with van der Waals surface area (Å²) in [6.07, 6.45) is 9.31. The van der Waals surface area contributed by atoms with Crippen LogP contribution in [0.5, 0.6) is 0 Å². The minimum absolute atomic E-state index is 0.0591. The van der Waals surface area contributed by atoms with E-state index in [9.17, 15) is 4.79 Å². The lowest BCUT2D eigenvalue weighted by molar-refractivity contribution is 0.103. The Hall–Kier alpha value is -0.900. The molecule has 1 aromatic heterocycles. The van der Waals surface area contributed by atoms with Gasteiger partial charge in [0.1, 0.15) is 5.69 Å². The second-order valence-corrected chi connectivity index (χ2v) is 5.05. The average Bonchev–Trinajstić information content (AvgIpc) is 2.60. The van der Waals surface area contributed by atoms with Crippen molar-refractivity contribution in [1.82, 2.24) is 9.78 Å². The first-order valence-corrected chi connectivity index (χ1v) is 6.39. The third-order valence-electron chi connectivity index (χ3n) is 2.96. The van der Waals surface area contributed by atoms with Crippen molar-refractivity contribution in [3.05, 3.63) is 28.0 Å². The molecule has 1 aromatic rings. The van der Waals surface area contributed by atoms with Crippen LogP contribution in [0.3, 0.4) is 0 Å². The minimum atomic E-state index is 0.0591. The van der Waals surface area contributed by atoms with Gasteiger partial charge in [-0.05, 0) is 47.7 Å². The molecule has 86 valence electrons. The van der Waals surface area contributed by atoms with Crippen LogP contribution in [0.4, 0.5) is 0 Å². The molecule has 1 fully saturated rings. The lowest BCUT2D eigenvalue weighted by Gasteiger charge is -2.12. The summed E-state index contributed by atoms with van der Waals surface area (Å²) in [5.41, 5.74) is 1.92. The van der Waals surface area contributed by atoms with Crippen LogP contribution in [0.15, 0.2) is 22.3 Å². The highest BCUT2D eigenvalue weighted by Crippen LogP contribution is 2.24. The normalized spacial score (nSPS) is 16.2. The summed E-state index contributed by atoms with van der Waals surface area (Å²) in [6, 6.07) is 0. The summed E-state index contributed by atoms with van der Waals surface area (Å²) < 4.78 is 2.39. The molecule has 0 radical (unpaired) electrons. The van der Waals surface area contributed by atoms with Crippen LogP contribution in [0.1, 0.15) is 42.6 Å². The van der Waals surface area contributed by atoms with Gasteiger partial charge in [0.05, 0.1) is 10.7 Å². The maximum atomic E-state index is 12.0. The van der Waals surface area contributed by atoms with E-state index in [1.165, 1.54) is 24.8 Å². The van der Waals surface area contributed by atoms with Gasteiger partial charge in [-0.2, -0.15) is 5.10 Å². The summed E-state index contributed by atoms with van der Waals surface area (Å²) in [5.74, 6) is 0.0591. The highest BCUT2D eigenvalue weighted by Gasteiger charge is 2.14. The number of aryl methyl sites for hydroxylation is 1. The van der Waals surface area contributed by atoms with Gasteiger partial charge < -0.3 is 0 Å². The highest BCUT2D eigenvalue weighted by atomic mass is 79.9. The van der Waals surface area contributed by atoms with Crippen LogP contribution in [0.2, 0.25) is 0 Å². The number of allylic oxidation sites excluding steroid dienone is 2. The van der Waals surface area contributed by atoms with Crippen LogP contribution in [0.25, 0.3) is 0 Å². The van der Waals surface area contributed by atoms with Crippen molar-refractivity contribution in [2.24, 2.45) is 7.05 Å². The van der Waals surface area contributed by atoms with Crippen LogP contribution in [-0.4, -0.2) is 15.6 Å². The average molecular weight is 283 g/mol. The summed E-state index contributed by atoms with van der Waals surface area (Å²) in [6.45, 7) is 0. The SMILES string of the molecule is Cn1ncc(Br)c1C(=O)C=C1CCCCC1. The predicted molar refractivity (Wildman–Crippen MR) is 66.4 cm³/mol. The van der Waals surface area contributed by atoms with E-state index in [1.54, 1.807) is 24.0 Å². The molecule has 0 spiro atoms. The zero-order valence-corrected chi connectivity index (χ0v) is 11.0. The zero-order valence-electron chi connectivity index (χ0n) is 9.37. The number of aromatic nitrogens is 2. The number of hydrogen-bond acceptors (Lipinski definition) is 2. The molecule has 1 aliphatic carbocycles. The van der Waals surface area contributed by atoms with E-state index in [1.807, 2.05) is 0 Å². The Morgan fingerprint density at radius 2 is 2.12 bits per heavy atom. The molecular weight excluding hydrogens is 268 g/mol. The Kier molecular flexibility index (Phi) is 3.59. The van der Waals surface area contributed by atoms with E-state index in [2.05, 4.69) is 21.0 Å². The Bertz CT molecular complexity index is 407. The van der Waals surface area contributed by atoms with E-state index in [0.717, 1.165) is 17.3 Å². The molecule has 0 atom stereocenters. The quantitative estimate of drug-likeness (QED) is 0.617. The summed E-state index contributed by atoms with van der Waals surface area (Å²) in [7, 11) is 1.79. The number of hydrogen-bond donors (Lipinski definition) is 0. The molecule has 4 heteroatoms. The molecule has 0 saturated heterocycles. The summed E-state index contributed by atoms with van der Waals surface area (Å²) in [4.78, 5) is 12.0. The van der Waals surface area contributed by atoms with E-state index < -0.39 is 0 Å². The molecule has 2 rings (SSSR count). The Balaban J connectivity index is 2.19. The van der Waals surface area contributed by atoms with Gasteiger partial charge in [-0.15, -0.1) is 0 Å². The van der Waals surface area contributed by atoms with Crippen LogP contribution in [0, 0.1) is 0 Å². The smallest absolute Gasteiger partial charge is 0.204 e. The van der Waals surface area contributed by atoms with Gasteiger partial charge in [-0.3, -0.25) is 9.48 Å². The molecule has 0 bridgehead atoms. The molecule has 0 aromatic carbocycles. The van der Waals surface area contributed by atoms with Gasteiger partial charge in [-0.1, -0.05) is 12.0 Å². The standard InChI is InChI=1S/C12H15BrN2O/c1-15-12(10(13)8-14-15)11(16)7-9-5-3-2-4-6-9/h7-8H,2-6H2,1H3. The Morgan fingerprint density at radius 3 is 2.69 bits per heavy atom. The summed E-state index contributed by atoms with van der Waals surface area (Å²) >= 11 is 3.35. The Labute approximate surface area is 104 Å². The van der Waals surface area contributed by atoms with Crippen molar-refractivity contribution in [3.8, 4) is 0 Å². The van der Waals surface area contributed by atoms with Gasteiger partial charge in [0.25, 0.3) is 0 Å². The van der Waals surface area contributed by atoms with Crippen molar-refractivity contribution in [2.75, 3.05) is 0 Å². The van der Waals surface area contributed by atoms with Crippen LogP contribution >= 0.6 is 15.9 Å². The Morgan fingerprint density at radius 1 is 1.44 bits per heavy atom. The molecule has 0 N–H and O–H groups in total. The second kappa shape index (κ2) is 4.95. The molecule has 1 heterocycles. The van der Waals surface area contributed by atoms with Crippen LogP contribution in [-0.2, 0) is 7.05 Å². The van der Waals surface area contributed by atoms with Crippen molar-refractivity contribution in [3.63, 3.8) is 0 Å². The highest BCUT2D eigenvalue weighted by molar-refractivity contribution is 9.10. The maximum Gasteiger partial charge on any atom is 0.204 e. The fourth-order valence-corrected chi connectivity index (χ4v) is 2.64. The molecule has 0 aliphatic heterocycles. The topological polar surface area (TPSA) is 34.9 Å². The number of carbonyl (C=O) groups is 1. The van der Waals surface area contributed by atoms with Gasteiger partial charge in [0.15, 0.2) is 0 Å². The van der Waals surface area contributed by atoms with E-state index in [-0.39, 0.29) is 5.78 Å². The van der Waals surface area contributed by atoms with E-state index in [4.69, 9.17) is 0 Å². The fourth-order valence-electron chi connectivity index (χ4n) is 2.09. The third kappa shape index (κ3) is 2.43. The molecule has 1 saturated carbocycles. The van der Waals surface area contributed by atoms with Crippen molar-refractivity contribution >= 4 is 21.7 Å². The van der Waals surface area contributed by atoms with Crippen molar-refractivity contribution in [1.29, 1.82) is 0 Å². The lowest BCUT2D eigenvalue weighted by Crippen LogP contribution is -2.07. The second-order valence-electron chi connectivity index (χ2n) is 4.19. The largest absolute Gasteiger partial charge is 0.288 e. The molecule has 0 amide bonds. The minimum Gasteiger partial charge on any atom is -0.288 e. The first-order valence-electron chi connectivity index (χ1n) is 5.60. The van der Waals surface area contributed by atoms with Crippen molar-refractivity contribution < 1.29 is 4.79 Å². The van der Waals surface area contributed by atoms with Crippen molar-refractivity contribution in [2.45, 2.75) is 32.1 Å². The van der Waals surface area contributed by atoms with Gasteiger partial charge in [-0.25, -0.2) is 0 Å². The fraction of sp³-hybridized carbons (Fsp3) is 0.500. The van der Waals surface area contributed by atoms with E-state index >= 15 is 0 Å². The third-order valence-corrected chi connectivity index (χ3v) is 3.54. The number of ketones is 1. The summed E-state index contributed by atoms with van der Waals surface area (Å²) in [5, 5.41) is 4.05. The number of nitrogens with zero attached hydrogens (tertiary/aromatic N) is 2. The number of rotatable bonds is 2. The first kappa shape index (κ1) is 11.6. The molecule has 0 unspecified atom stereocenters. The van der Waals surface area contributed by atoms with Crippen LogP contribution < -0.4 is 0 Å². The molecule has 3 nitrogen and oxygen atoms in total. The van der Waals surface area contributed by atoms with Gasteiger partial charge >= 0.3 is 0 Å². The number of carbonyl (C=O) groups excluding carboxylic acids is 1. The lowest BCUT2D eigenvalue weighted by atomic mass is 9.94. The van der Waals surface area contributed by atoms with E-state index in [0.29, 0.717) is 5.69 Å². The monoisotopic (exact) mass is 282 g/mol. The predicted octanol–water partition coefficient (Wildman–Crippen LogP) is 3.26.